The predicted octanol–water partition coefficient (Wildman–Crippen LogP) is 1.56. The van der Waals surface area contributed by atoms with Gasteiger partial charge < -0.3 is 15.0 Å². The second-order valence-corrected chi connectivity index (χ2v) is 5.59. The molecule has 0 saturated carbocycles. The fraction of sp³-hybridized carbons (Fsp3) is 0.857. The minimum atomic E-state index is -4.21. The van der Waals surface area contributed by atoms with Gasteiger partial charge in [0.15, 0.2) is 5.96 Å². The Kier molecular flexibility index (Phi) is 9.93. The molecular formula is C14H26F3IN4O2. The van der Waals surface area contributed by atoms with Crippen LogP contribution in [0.5, 0.6) is 0 Å². The van der Waals surface area contributed by atoms with Gasteiger partial charge >= 0.3 is 12.1 Å². The number of aliphatic imine (C=N–C) groups is 1. The van der Waals surface area contributed by atoms with Crippen LogP contribution in [0.25, 0.3) is 0 Å². The van der Waals surface area contributed by atoms with Crippen molar-refractivity contribution < 1.29 is 22.7 Å². The molecule has 0 aromatic heterocycles. The van der Waals surface area contributed by atoms with E-state index >= 15 is 0 Å². The molecule has 1 rings (SSSR count). The van der Waals surface area contributed by atoms with Crippen LogP contribution in [0.1, 0.15) is 13.8 Å². The second-order valence-electron chi connectivity index (χ2n) is 5.59. The molecule has 6 nitrogen and oxygen atoms in total. The number of ether oxygens (including phenoxy) is 1. The highest BCUT2D eigenvalue weighted by Gasteiger charge is 2.41. The zero-order valence-corrected chi connectivity index (χ0v) is 16.7. The molecule has 0 radical (unpaired) electrons. The Morgan fingerprint density at radius 3 is 2.21 bits per heavy atom. The number of hydrogen-bond donors (Lipinski definition) is 1. The van der Waals surface area contributed by atoms with E-state index in [1.165, 1.54) is 18.9 Å². The molecule has 0 aromatic rings. The van der Waals surface area contributed by atoms with Gasteiger partial charge in [-0.05, 0) is 6.92 Å². The molecule has 1 saturated heterocycles. The van der Waals surface area contributed by atoms with Crippen molar-refractivity contribution in [1.29, 1.82) is 0 Å². The zero-order chi connectivity index (χ0) is 17.6. The first-order chi connectivity index (χ1) is 10.7. The maximum absolute atomic E-state index is 12.7. The Morgan fingerprint density at radius 1 is 1.25 bits per heavy atom. The number of nitrogens with one attached hydrogen (secondary N) is 1. The molecule has 24 heavy (non-hydrogen) atoms. The van der Waals surface area contributed by atoms with E-state index in [2.05, 4.69) is 15.0 Å². The maximum Gasteiger partial charge on any atom is 0.403 e. The first-order valence-electron chi connectivity index (χ1n) is 7.54. The number of methoxy groups -OCH3 is 1. The Labute approximate surface area is 157 Å². The molecule has 1 N–H and O–H groups in total. The predicted molar refractivity (Wildman–Crippen MR) is 96.6 cm³/mol. The van der Waals surface area contributed by atoms with Crippen LogP contribution in [-0.4, -0.2) is 80.8 Å². The molecule has 1 aliphatic rings. The average molecular weight is 466 g/mol. The number of alkyl halides is 3. The largest absolute Gasteiger partial charge is 0.469 e. The van der Waals surface area contributed by atoms with E-state index in [1.807, 2.05) is 4.90 Å². The third-order valence-corrected chi connectivity index (χ3v) is 4.02. The molecule has 0 amide bonds. The lowest BCUT2D eigenvalue weighted by atomic mass is 10.2. The molecule has 2 unspecified atom stereocenters. The number of halogens is 4. The summed E-state index contributed by atoms with van der Waals surface area (Å²) in [6.45, 7) is 4.80. The third kappa shape index (κ3) is 6.61. The highest BCUT2D eigenvalue weighted by molar-refractivity contribution is 14.0. The fourth-order valence-electron chi connectivity index (χ4n) is 2.39. The molecule has 1 heterocycles. The smallest absolute Gasteiger partial charge is 0.403 e. The monoisotopic (exact) mass is 466 g/mol. The highest BCUT2D eigenvalue weighted by Crippen LogP contribution is 2.25. The van der Waals surface area contributed by atoms with E-state index in [0.29, 0.717) is 38.7 Å². The number of carbonyl (C=O) groups excluding carboxylic acids is 1. The number of carbonyl (C=O) groups is 1. The Bertz CT molecular complexity index is 427. The minimum absolute atomic E-state index is 0. The van der Waals surface area contributed by atoms with Gasteiger partial charge in [0.25, 0.3) is 0 Å². The van der Waals surface area contributed by atoms with Gasteiger partial charge in [-0.1, -0.05) is 6.92 Å². The van der Waals surface area contributed by atoms with Crippen LogP contribution in [0, 0.1) is 5.92 Å². The van der Waals surface area contributed by atoms with Gasteiger partial charge in [-0.25, -0.2) is 0 Å². The van der Waals surface area contributed by atoms with Gasteiger partial charge in [-0.15, -0.1) is 24.0 Å². The topological polar surface area (TPSA) is 57.2 Å². The molecule has 0 aromatic carbocycles. The standard InChI is InChI=1S/C14H25F3N4O2.HI/c1-10(12(22)23-4)9-19-13(18-3)21-7-5-20(6-8-21)11(2)14(15,16)17;/h10-11H,5-9H2,1-4H3,(H,18,19);1H. The van der Waals surface area contributed by atoms with Gasteiger partial charge in [0.2, 0.25) is 0 Å². The number of esters is 1. The lowest BCUT2D eigenvalue weighted by molar-refractivity contribution is -0.181. The van der Waals surface area contributed by atoms with Gasteiger partial charge in [0, 0.05) is 39.8 Å². The number of hydrogen-bond acceptors (Lipinski definition) is 4. The van der Waals surface area contributed by atoms with Crippen molar-refractivity contribution in [3.63, 3.8) is 0 Å². The van der Waals surface area contributed by atoms with Gasteiger partial charge in [0.1, 0.15) is 6.04 Å². The summed E-state index contributed by atoms with van der Waals surface area (Å²) in [6, 6.07) is -1.45. The molecule has 0 spiro atoms. The van der Waals surface area contributed by atoms with E-state index in [1.54, 1.807) is 14.0 Å². The van der Waals surface area contributed by atoms with Crippen LogP contribution in [0.2, 0.25) is 0 Å². The lowest BCUT2D eigenvalue weighted by Gasteiger charge is -2.39. The van der Waals surface area contributed by atoms with Crippen LogP contribution in [0.4, 0.5) is 13.2 Å². The summed E-state index contributed by atoms with van der Waals surface area (Å²) >= 11 is 0. The Hall–Kier alpha value is -0.780. The van der Waals surface area contributed by atoms with E-state index in [-0.39, 0.29) is 35.9 Å². The first kappa shape index (κ1) is 23.2. The summed E-state index contributed by atoms with van der Waals surface area (Å²) in [4.78, 5) is 18.8. The van der Waals surface area contributed by atoms with Crippen LogP contribution in [-0.2, 0) is 9.53 Å². The molecule has 1 aliphatic heterocycles. The number of piperazine rings is 1. The van der Waals surface area contributed by atoms with E-state index < -0.39 is 12.2 Å². The fourth-order valence-corrected chi connectivity index (χ4v) is 2.39. The second kappa shape index (κ2) is 10.3. The number of rotatable bonds is 4. The molecule has 0 bridgehead atoms. The summed E-state index contributed by atoms with van der Waals surface area (Å²) in [5.74, 6) is -0.0693. The van der Waals surface area contributed by atoms with Gasteiger partial charge in [-0.3, -0.25) is 14.7 Å². The highest BCUT2D eigenvalue weighted by atomic mass is 127. The van der Waals surface area contributed by atoms with E-state index in [0.717, 1.165) is 0 Å². The quantitative estimate of drug-likeness (QED) is 0.295. The van der Waals surface area contributed by atoms with Crippen molar-refractivity contribution >= 4 is 35.9 Å². The SMILES string of the molecule is CN=C(NCC(C)C(=O)OC)N1CCN(C(C)C(F)(F)F)CC1.I. The van der Waals surface area contributed by atoms with Crippen molar-refractivity contribution in [2.45, 2.75) is 26.1 Å². The lowest BCUT2D eigenvalue weighted by Crippen LogP contribution is -2.57. The normalized spacial score (nSPS) is 19.3. The third-order valence-electron chi connectivity index (χ3n) is 4.02. The first-order valence-corrected chi connectivity index (χ1v) is 7.54. The average Bonchev–Trinajstić information content (AvgIpc) is 2.53. The van der Waals surface area contributed by atoms with Crippen molar-refractivity contribution in [3.05, 3.63) is 0 Å². The van der Waals surface area contributed by atoms with Crippen LogP contribution >= 0.6 is 24.0 Å². The number of guanidine groups is 1. The Balaban J connectivity index is 0.00000529. The van der Waals surface area contributed by atoms with Gasteiger partial charge in [-0.2, -0.15) is 13.2 Å². The summed E-state index contributed by atoms with van der Waals surface area (Å²) in [6.07, 6.45) is -4.21. The number of nitrogens with zero attached hydrogens (tertiary/aromatic N) is 3. The molecule has 10 heteroatoms. The van der Waals surface area contributed by atoms with Crippen molar-refractivity contribution in [1.82, 2.24) is 15.1 Å². The molecule has 2 atom stereocenters. The van der Waals surface area contributed by atoms with Crippen molar-refractivity contribution in [2.75, 3.05) is 46.9 Å². The summed E-state index contributed by atoms with van der Waals surface area (Å²) < 4.78 is 42.9. The summed E-state index contributed by atoms with van der Waals surface area (Å²) in [5, 5.41) is 3.06. The Morgan fingerprint density at radius 2 is 1.79 bits per heavy atom. The molecule has 0 aliphatic carbocycles. The maximum atomic E-state index is 12.7. The van der Waals surface area contributed by atoms with Crippen LogP contribution < -0.4 is 5.32 Å². The van der Waals surface area contributed by atoms with E-state index in [4.69, 9.17) is 0 Å². The zero-order valence-electron chi connectivity index (χ0n) is 14.4. The summed E-state index contributed by atoms with van der Waals surface area (Å²) in [5.41, 5.74) is 0. The van der Waals surface area contributed by atoms with Crippen LogP contribution in [0.3, 0.4) is 0 Å². The molecular weight excluding hydrogens is 440 g/mol. The van der Waals surface area contributed by atoms with Crippen molar-refractivity contribution in [3.8, 4) is 0 Å². The van der Waals surface area contributed by atoms with Crippen molar-refractivity contribution in [2.24, 2.45) is 10.9 Å². The van der Waals surface area contributed by atoms with Crippen LogP contribution in [0.15, 0.2) is 4.99 Å². The van der Waals surface area contributed by atoms with Gasteiger partial charge in [0.05, 0.1) is 13.0 Å². The molecule has 142 valence electrons. The minimum Gasteiger partial charge on any atom is -0.469 e. The van der Waals surface area contributed by atoms with E-state index in [9.17, 15) is 18.0 Å². The molecule has 1 fully saturated rings. The summed E-state index contributed by atoms with van der Waals surface area (Å²) in [7, 11) is 2.94.